The highest BCUT2D eigenvalue weighted by atomic mass is 35.5. The third-order valence-electron chi connectivity index (χ3n) is 6.72. The fourth-order valence-electron chi connectivity index (χ4n) is 4.70. The summed E-state index contributed by atoms with van der Waals surface area (Å²) in [6.07, 6.45) is 3.87. The van der Waals surface area contributed by atoms with Gasteiger partial charge in [0, 0.05) is 37.5 Å². The van der Waals surface area contributed by atoms with E-state index in [4.69, 9.17) is 22.1 Å². The zero-order chi connectivity index (χ0) is 28.7. The SMILES string of the molecule is Cc1c(N2CCOCC2)ncc(F)c1NC(=O)Cn1cc(-c2cc(Cl)c(O)c(C(N)=O)c2)c2c(=O)n(C)cnc21. The molecule has 1 fully saturated rings. The van der Waals surface area contributed by atoms with Crippen molar-refractivity contribution < 1.29 is 23.8 Å². The lowest BCUT2D eigenvalue weighted by molar-refractivity contribution is -0.116. The Kier molecular flexibility index (Phi) is 7.17. The number of fused-ring (bicyclic) bond motifs is 1. The van der Waals surface area contributed by atoms with Gasteiger partial charge < -0.3 is 34.9 Å². The molecule has 208 valence electrons. The molecule has 4 heterocycles. The van der Waals surface area contributed by atoms with Crippen molar-refractivity contribution in [2.24, 2.45) is 12.8 Å². The van der Waals surface area contributed by atoms with Gasteiger partial charge in [-0.15, -0.1) is 0 Å². The monoisotopic (exact) mass is 569 g/mol. The van der Waals surface area contributed by atoms with Crippen LogP contribution < -0.4 is 21.5 Å². The second-order valence-electron chi connectivity index (χ2n) is 9.33. The smallest absolute Gasteiger partial charge is 0.263 e. The summed E-state index contributed by atoms with van der Waals surface area (Å²) in [6, 6.07) is 2.68. The molecule has 40 heavy (non-hydrogen) atoms. The Balaban J connectivity index is 1.53. The molecule has 1 saturated heterocycles. The van der Waals surface area contributed by atoms with E-state index in [2.05, 4.69) is 15.3 Å². The number of nitrogens with two attached hydrogens (primary N) is 1. The Labute approximate surface area is 231 Å². The van der Waals surface area contributed by atoms with Crippen LogP contribution in [0.3, 0.4) is 0 Å². The molecule has 0 atom stereocenters. The van der Waals surface area contributed by atoms with Crippen molar-refractivity contribution in [2.75, 3.05) is 36.5 Å². The lowest BCUT2D eigenvalue weighted by atomic mass is 10.0. The van der Waals surface area contributed by atoms with Gasteiger partial charge in [-0.2, -0.15) is 0 Å². The number of anilines is 2. The van der Waals surface area contributed by atoms with Gasteiger partial charge in [-0.25, -0.2) is 14.4 Å². The molecule has 4 aromatic rings. The average Bonchev–Trinajstić information content (AvgIpc) is 3.29. The van der Waals surface area contributed by atoms with Gasteiger partial charge in [0.25, 0.3) is 11.5 Å². The number of halogens is 2. The van der Waals surface area contributed by atoms with Crippen molar-refractivity contribution in [2.45, 2.75) is 13.5 Å². The number of benzene rings is 1. The number of morpholine rings is 1. The van der Waals surface area contributed by atoms with Crippen LogP contribution in [0.2, 0.25) is 5.02 Å². The molecular weight excluding hydrogens is 545 g/mol. The summed E-state index contributed by atoms with van der Waals surface area (Å²) in [7, 11) is 1.52. The molecule has 0 unspecified atom stereocenters. The molecule has 2 amide bonds. The molecular formula is C26H25ClFN7O5. The number of aromatic hydroxyl groups is 1. The van der Waals surface area contributed by atoms with Gasteiger partial charge in [-0.05, 0) is 24.6 Å². The summed E-state index contributed by atoms with van der Waals surface area (Å²) in [5, 5.41) is 12.8. The van der Waals surface area contributed by atoms with Crippen molar-refractivity contribution in [1.82, 2.24) is 19.1 Å². The molecule has 0 spiro atoms. The van der Waals surface area contributed by atoms with Crippen LogP contribution in [-0.2, 0) is 23.1 Å². The van der Waals surface area contributed by atoms with Crippen molar-refractivity contribution in [3.63, 3.8) is 0 Å². The largest absolute Gasteiger partial charge is 0.506 e. The third kappa shape index (κ3) is 4.84. The number of phenols is 1. The Morgan fingerprint density at radius 1 is 1.25 bits per heavy atom. The Morgan fingerprint density at radius 3 is 2.67 bits per heavy atom. The molecule has 0 saturated carbocycles. The second kappa shape index (κ2) is 10.6. The fraction of sp³-hybridized carbons (Fsp3) is 0.269. The van der Waals surface area contributed by atoms with Gasteiger partial charge in [-0.1, -0.05) is 11.6 Å². The Morgan fingerprint density at radius 2 is 1.98 bits per heavy atom. The number of aromatic nitrogens is 4. The van der Waals surface area contributed by atoms with Crippen molar-refractivity contribution in [3.8, 4) is 16.9 Å². The van der Waals surface area contributed by atoms with E-state index in [1.807, 2.05) is 4.90 Å². The van der Waals surface area contributed by atoms with Gasteiger partial charge in [0.1, 0.15) is 23.8 Å². The van der Waals surface area contributed by atoms with Gasteiger partial charge in [0.2, 0.25) is 5.91 Å². The van der Waals surface area contributed by atoms with E-state index >= 15 is 0 Å². The summed E-state index contributed by atoms with van der Waals surface area (Å²) >= 11 is 6.14. The summed E-state index contributed by atoms with van der Waals surface area (Å²) in [4.78, 5) is 48.7. The molecule has 1 aliphatic heterocycles. The number of carbonyl (C=O) groups excluding carboxylic acids is 2. The number of aryl methyl sites for hydroxylation is 1. The number of ether oxygens (including phenoxy) is 1. The quantitative estimate of drug-likeness (QED) is 0.319. The predicted octanol–water partition coefficient (Wildman–Crippen LogP) is 2.18. The van der Waals surface area contributed by atoms with Crippen LogP contribution >= 0.6 is 11.6 Å². The van der Waals surface area contributed by atoms with Crippen LogP contribution in [0.1, 0.15) is 15.9 Å². The number of hydrogen-bond donors (Lipinski definition) is 3. The molecule has 4 N–H and O–H groups in total. The fourth-order valence-corrected chi connectivity index (χ4v) is 4.92. The first-order valence-electron chi connectivity index (χ1n) is 12.2. The second-order valence-corrected chi connectivity index (χ2v) is 9.73. The van der Waals surface area contributed by atoms with E-state index in [1.165, 1.54) is 40.8 Å². The van der Waals surface area contributed by atoms with Crippen LogP contribution in [0.25, 0.3) is 22.2 Å². The van der Waals surface area contributed by atoms with E-state index in [0.29, 0.717) is 48.8 Å². The minimum atomic E-state index is -0.915. The molecule has 0 bridgehead atoms. The van der Waals surface area contributed by atoms with Gasteiger partial charge in [0.05, 0.1) is 47.4 Å². The number of nitrogens with zero attached hydrogens (tertiary/aromatic N) is 5. The summed E-state index contributed by atoms with van der Waals surface area (Å²) in [5.41, 5.74) is 5.99. The normalized spacial score (nSPS) is 13.6. The first-order chi connectivity index (χ1) is 19.1. The maximum Gasteiger partial charge on any atom is 0.263 e. The van der Waals surface area contributed by atoms with E-state index in [1.54, 1.807) is 6.92 Å². The van der Waals surface area contributed by atoms with Crippen LogP contribution in [-0.4, -0.2) is 62.3 Å². The zero-order valence-electron chi connectivity index (χ0n) is 21.6. The molecule has 12 nitrogen and oxygen atoms in total. The number of primary amides is 1. The van der Waals surface area contributed by atoms with Gasteiger partial charge >= 0.3 is 0 Å². The lowest BCUT2D eigenvalue weighted by Crippen LogP contribution is -2.37. The summed E-state index contributed by atoms with van der Waals surface area (Å²) in [5.74, 6) is -2.12. The maximum atomic E-state index is 14.8. The summed E-state index contributed by atoms with van der Waals surface area (Å²) < 4.78 is 22.9. The van der Waals surface area contributed by atoms with Crippen LogP contribution in [0.4, 0.5) is 15.9 Å². The lowest BCUT2D eigenvalue weighted by Gasteiger charge is -2.29. The standard InChI is InChI=1S/C26H25ClFN7O5/c1-13-21(18(28)9-30-24(13)34-3-5-40-6-4-34)32-19(36)11-35-10-16(20-25(35)31-12-33(2)26(20)39)14-7-15(23(29)38)22(37)17(27)8-14/h7-10,12,37H,3-6,11H2,1-2H3,(H2,29,38)(H,30,32,36). The van der Waals surface area contributed by atoms with E-state index in [0.717, 1.165) is 6.20 Å². The number of carbonyl (C=O) groups is 2. The highest BCUT2D eigenvalue weighted by Gasteiger charge is 2.23. The van der Waals surface area contributed by atoms with Crippen LogP contribution in [0.15, 0.2) is 35.6 Å². The zero-order valence-corrected chi connectivity index (χ0v) is 22.3. The predicted molar refractivity (Wildman–Crippen MR) is 146 cm³/mol. The van der Waals surface area contributed by atoms with Crippen LogP contribution in [0.5, 0.6) is 5.75 Å². The number of pyridine rings is 1. The number of hydrogen-bond acceptors (Lipinski definition) is 8. The van der Waals surface area contributed by atoms with Gasteiger partial charge in [-0.3, -0.25) is 14.4 Å². The van der Waals surface area contributed by atoms with E-state index in [-0.39, 0.29) is 33.9 Å². The Bertz CT molecular complexity index is 1730. The molecule has 0 aliphatic carbocycles. The molecule has 1 aliphatic rings. The van der Waals surface area contributed by atoms with Crippen molar-refractivity contribution in [1.29, 1.82) is 0 Å². The molecule has 3 aromatic heterocycles. The van der Waals surface area contributed by atoms with E-state index in [9.17, 15) is 23.9 Å². The van der Waals surface area contributed by atoms with Gasteiger partial charge in [0.15, 0.2) is 5.82 Å². The topological polar surface area (TPSA) is 158 Å². The molecule has 0 radical (unpaired) electrons. The number of nitrogens with one attached hydrogen (secondary N) is 1. The van der Waals surface area contributed by atoms with Crippen molar-refractivity contribution >= 4 is 46.0 Å². The average molecular weight is 570 g/mol. The highest BCUT2D eigenvalue weighted by molar-refractivity contribution is 6.33. The number of rotatable bonds is 6. The Hall–Kier alpha value is -4.49. The summed E-state index contributed by atoms with van der Waals surface area (Å²) in [6.45, 7) is 3.56. The minimum absolute atomic E-state index is 0.00142. The maximum absolute atomic E-state index is 14.8. The first-order valence-corrected chi connectivity index (χ1v) is 12.6. The molecule has 5 rings (SSSR count). The van der Waals surface area contributed by atoms with Crippen LogP contribution in [0, 0.1) is 12.7 Å². The third-order valence-corrected chi connectivity index (χ3v) is 7.00. The number of amides is 2. The highest BCUT2D eigenvalue weighted by Crippen LogP contribution is 2.36. The molecule has 14 heteroatoms. The minimum Gasteiger partial charge on any atom is -0.506 e. The van der Waals surface area contributed by atoms with E-state index < -0.39 is 28.9 Å². The molecule has 1 aromatic carbocycles. The van der Waals surface area contributed by atoms with Crippen molar-refractivity contribution in [3.05, 3.63) is 63.2 Å². The first kappa shape index (κ1) is 27.1.